The van der Waals surface area contributed by atoms with Crippen LogP contribution in [0.3, 0.4) is 0 Å². The van der Waals surface area contributed by atoms with Crippen LogP contribution in [-0.2, 0) is 4.74 Å². The average Bonchev–Trinajstić information content (AvgIpc) is 2.38. The van der Waals surface area contributed by atoms with Gasteiger partial charge in [0.1, 0.15) is 11.5 Å². The quantitative estimate of drug-likeness (QED) is 0.827. The molecule has 0 aromatic carbocycles. The Morgan fingerprint density at radius 1 is 1.65 bits per heavy atom. The molecule has 0 unspecified atom stereocenters. The third kappa shape index (κ3) is 2.55. The van der Waals surface area contributed by atoms with Gasteiger partial charge in [-0.3, -0.25) is 4.79 Å². The second-order valence-electron chi connectivity index (χ2n) is 4.08. The van der Waals surface area contributed by atoms with E-state index < -0.39 is 0 Å². The summed E-state index contributed by atoms with van der Waals surface area (Å²) < 4.78 is 5.37. The van der Waals surface area contributed by atoms with Gasteiger partial charge in [-0.1, -0.05) is 13.0 Å². The van der Waals surface area contributed by atoms with Crippen molar-refractivity contribution in [3.63, 3.8) is 0 Å². The summed E-state index contributed by atoms with van der Waals surface area (Å²) in [6.45, 7) is 3.86. The molecule has 2 heterocycles. The fraction of sp³-hybridized carbons (Fsp3) is 0.500. The van der Waals surface area contributed by atoms with Crippen LogP contribution in [0.25, 0.3) is 0 Å². The first kappa shape index (κ1) is 11.9. The second kappa shape index (κ2) is 5.14. The van der Waals surface area contributed by atoms with E-state index in [1.807, 2.05) is 11.8 Å². The molecular weight excluding hydrogens is 218 g/mol. The van der Waals surface area contributed by atoms with E-state index in [2.05, 4.69) is 4.98 Å². The van der Waals surface area contributed by atoms with Crippen molar-refractivity contribution in [3.8, 4) is 0 Å². The van der Waals surface area contributed by atoms with Gasteiger partial charge in [-0.25, -0.2) is 4.98 Å². The van der Waals surface area contributed by atoms with E-state index in [0.29, 0.717) is 31.3 Å². The van der Waals surface area contributed by atoms with Crippen molar-refractivity contribution >= 4 is 11.7 Å². The molecule has 1 aliphatic rings. The summed E-state index contributed by atoms with van der Waals surface area (Å²) in [5, 5.41) is 0. The van der Waals surface area contributed by atoms with Gasteiger partial charge in [0.2, 0.25) is 0 Å². The van der Waals surface area contributed by atoms with E-state index in [4.69, 9.17) is 10.5 Å². The first-order chi connectivity index (χ1) is 8.22. The number of amides is 1. The van der Waals surface area contributed by atoms with Gasteiger partial charge in [-0.05, 0) is 18.6 Å². The Hall–Kier alpha value is -1.62. The van der Waals surface area contributed by atoms with Gasteiger partial charge < -0.3 is 15.4 Å². The number of morpholine rings is 1. The fourth-order valence-corrected chi connectivity index (χ4v) is 1.98. The number of nitrogens with zero attached hydrogens (tertiary/aromatic N) is 2. The summed E-state index contributed by atoms with van der Waals surface area (Å²) in [6, 6.07) is 5.25. The van der Waals surface area contributed by atoms with Crippen molar-refractivity contribution in [2.45, 2.75) is 19.4 Å². The van der Waals surface area contributed by atoms with Crippen molar-refractivity contribution < 1.29 is 9.53 Å². The maximum absolute atomic E-state index is 12.3. The number of carbonyl (C=O) groups excluding carboxylic acids is 1. The van der Waals surface area contributed by atoms with Crippen molar-refractivity contribution in [1.29, 1.82) is 0 Å². The molecule has 0 bridgehead atoms. The Labute approximate surface area is 101 Å². The summed E-state index contributed by atoms with van der Waals surface area (Å²) in [7, 11) is 0. The van der Waals surface area contributed by atoms with Gasteiger partial charge in [-0.2, -0.15) is 0 Å². The lowest BCUT2D eigenvalue weighted by Gasteiger charge is -2.34. The van der Waals surface area contributed by atoms with Crippen LogP contribution in [0.2, 0.25) is 0 Å². The van der Waals surface area contributed by atoms with Crippen LogP contribution in [0.15, 0.2) is 18.2 Å². The largest absolute Gasteiger partial charge is 0.384 e. The van der Waals surface area contributed by atoms with Gasteiger partial charge in [0, 0.05) is 6.54 Å². The number of nitrogen functional groups attached to an aromatic ring is 1. The maximum Gasteiger partial charge on any atom is 0.272 e. The summed E-state index contributed by atoms with van der Waals surface area (Å²) in [5.74, 6) is 0.310. The number of aromatic nitrogens is 1. The zero-order valence-corrected chi connectivity index (χ0v) is 9.93. The SMILES string of the molecule is CC[C@@H]1COCCN1C(=O)c1cccc(N)n1. The highest BCUT2D eigenvalue weighted by Crippen LogP contribution is 2.14. The highest BCUT2D eigenvalue weighted by molar-refractivity contribution is 5.92. The van der Waals surface area contributed by atoms with Crippen LogP contribution >= 0.6 is 0 Å². The molecule has 1 fully saturated rings. The monoisotopic (exact) mass is 235 g/mol. The van der Waals surface area contributed by atoms with Crippen LogP contribution < -0.4 is 5.73 Å². The van der Waals surface area contributed by atoms with E-state index in [1.54, 1.807) is 18.2 Å². The molecule has 1 saturated heterocycles. The van der Waals surface area contributed by atoms with Gasteiger partial charge in [-0.15, -0.1) is 0 Å². The van der Waals surface area contributed by atoms with E-state index in [9.17, 15) is 4.79 Å². The maximum atomic E-state index is 12.3. The third-order valence-corrected chi connectivity index (χ3v) is 2.95. The molecule has 1 atom stereocenters. The van der Waals surface area contributed by atoms with Gasteiger partial charge in [0.05, 0.1) is 19.3 Å². The first-order valence-electron chi connectivity index (χ1n) is 5.83. The Morgan fingerprint density at radius 3 is 3.18 bits per heavy atom. The van der Waals surface area contributed by atoms with E-state index in [0.717, 1.165) is 6.42 Å². The molecule has 17 heavy (non-hydrogen) atoms. The molecule has 2 N–H and O–H groups in total. The minimum atomic E-state index is -0.0625. The number of anilines is 1. The van der Waals surface area contributed by atoms with E-state index in [1.165, 1.54) is 0 Å². The predicted octanol–water partition coefficient (Wildman–Crippen LogP) is 0.915. The van der Waals surface area contributed by atoms with Gasteiger partial charge in [0.15, 0.2) is 0 Å². The van der Waals surface area contributed by atoms with Gasteiger partial charge >= 0.3 is 0 Å². The fourth-order valence-electron chi connectivity index (χ4n) is 1.98. The normalized spacial score (nSPS) is 20.3. The Balaban J connectivity index is 2.18. The standard InChI is InChI=1S/C12H17N3O2/c1-2-9-8-17-7-6-15(9)12(16)10-4-3-5-11(13)14-10/h3-5,9H,2,6-8H2,1H3,(H2,13,14)/t9-/m1/s1. The van der Waals surface area contributed by atoms with E-state index in [-0.39, 0.29) is 11.9 Å². The molecule has 0 radical (unpaired) electrons. The number of hydrogen-bond donors (Lipinski definition) is 1. The van der Waals surface area contributed by atoms with Crippen LogP contribution in [0.1, 0.15) is 23.8 Å². The Morgan fingerprint density at radius 2 is 2.47 bits per heavy atom. The molecule has 92 valence electrons. The number of hydrogen-bond acceptors (Lipinski definition) is 4. The summed E-state index contributed by atoms with van der Waals surface area (Å²) >= 11 is 0. The van der Waals surface area contributed by atoms with Gasteiger partial charge in [0.25, 0.3) is 5.91 Å². The topological polar surface area (TPSA) is 68.5 Å². The lowest BCUT2D eigenvalue weighted by atomic mass is 10.1. The Kier molecular flexibility index (Phi) is 3.58. The van der Waals surface area contributed by atoms with Crippen LogP contribution in [0.5, 0.6) is 0 Å². The average molecular weight is 235 g/mol. The molecule has 2 rings (SSSR count). The summed E-state index contributed by atoms with van der Waals surface area (Å²) in [5.41, 5.74) is 5.99. The molecule has 1 aromatic heterocycles. The molecule has 5 heteroatoms. The number of nitrogens with two attached hydrogens (primary N) is 1. The van der Waals surface area contributed by atoms with Crippen molar-refractivity contribution in [2.75, 3.05) is 25.5 Å². The minimum Gasteiger partial charge on any atom is -0.384 e. The van der Waals surface area contributed by atoms with Crippen LogP contribution in [-0.4, -0.2) is 41.6 Å². The lowest BCUT2D eigenvalue weighted by molar-refractivity contribution is -0.00309. The second-order valence-corrected chi connectivity index (χ2v) is 4.08. The smallest absolute Gasteiger partial charge is 0.272 e. The molecule has 1 amide bonds. The molecule has 0 aliphatic carbocycles. The molecule has 1 aliphatic heterocycles. The van der Waals surface area contributed by atoms with E-state index >= 15 is 0 Å². The number of rotatable bonds is 2. The highest BCUT2D eigenvalue weighted by Gasteiger charge is 2.27. The lowest BCUT2D eigenvalue weighted by Crippen LogP contribution is -2.48. The third-order valence-electron chi connectivity index (χ3n) is 2.95. The van der Waals surface area contributed by atoms with Crippen molar-refractivity contribution in [2.24, 2.45) is 0 Å². The van der Waals surface area contributed by atoms with Crippen LogP contribution in [0, 0.1) is 0 Å². The van der Waals surface area contributed by atoms with Crippen molar-refractivity contribution in [3.05, 3.63) is 23.9 Å². The zero-order valence-electron chi connectivity index (χ0n) is 9.93. The molecule has 1 aromatic rings. The predicted molar refractivity (Wildman–Crippen MR) is 64.6 cm³/mol. The number of pyridine rings is 1. The number of ether oxygens (including phenoxy) is 1. The molecule has 0 saturated carbocycles. The zero-order chi connectivity index (χ0) is 12.3. The Bertz CT molecular complexity index is 408. The minimum absolute atomic E-state index is 0.0625. The molecule has 0 spiro atoms. The number of carbonyl (C=O) groups is 1. The first-order valence-corrected chi connectivity index (χ1v) is 5.83. The molecule has 5 nitrogen and oxygen atoms in total. The van der Waals surface area contributed by atoms with Crippen LogP contribution in [0.4, 0.5) is 5.82 Å². The van der Waals surface area contributed by atoms with Crippen molar-refractivity contribution in [1.82, 2.24) is 9.88 Å². The molecular formula is C12H17N3O2. The summed E-state index contributed by atoms with van der Waals surface area (Å²) in [6.07, 6.45) is 0.883. The summed E-state index contributed by atoms with van der Waals surface area (Å²) in [4.78, 5) is 18.2. The highest BCUT2D eigenvalue weighted by atomic mass is 16.5.